The topological polar surface area (TPSA) is 38.1 Å². The van der Waals surface area contributed by atoms with Gasteiger partial charge in [-0.25, -0.2) is 4.98 Å². The van der Waals surface area contributed by atoms with E-state index in [0.717, 1.165) is 38.6 Å². The fourth-order valence-electron chi connectivity index (χ4n) is 2.66. The van der Waals surface area contributed by atoms with E-state index in [-0.39, 0.29) is 5.56 Å². The number of aromatic nitrogens is 2. The van der Waals surface area contributed by atoms with Crippen LogP contribution in [0.3, 0.4) is 0 Å². The third kappa shape index (κ3) is 2.10. The van der Waals surface area contributed by atoms with E-state index in [1.54, 1.807) is 15.9 Å². The van der Waals surface area contributed by atoms with Crippen LogP contribution in [0.15, 0.2) is 8.58 Å². The Bertz CT molecular complexity index is 685. The molecule has 0 radical (unpaired) electrons. The lowest BCUT2D eigenvalue weighted by Gasteiger charge is -2.28. The van der Waals surface area contributed by atoms with Gasteiger partial charge < -0.3 is 4.90 Å². The molecule has 2 aromatic heterocycles. The van der Waals surface area contributed by atoms with E-state index < -0.39 is 0 Å². The summed E-state index contributed by atoms with van der Waals surface area (Å²) in [5.41, 5.74) is 0.871. The standard InChI is InChI=1S/C13H16BrN3OS/c1-8-9-10(11(14)19-8)15-13(16(2)12(9)18)17-6-4-3-5-7-17/h3-7H2,1-2H3. The van der Waals surface area contributed by atoms with E-state index in [1.807, 2.05) is 14.0 Å². The van der Waals surface area contributed by atoms with Crippen LogP contribution in [0.25, 0.3) is 10.9 Å². The fraction of sp³-hybridized carbons (Fsp3) is 0.538. The minimum atomic E-state index is 0.0602. The number of anilines is 1. The molecule has 0 bridgehead atoms. The van der Waals surface area contributed by atoms with Gasteiger partial charge in [0.2, 0.25) is 5.95 Å². The number of thiophene rings is 1. The van der Waals surface area contributed by atoms with Crippen LogP contribution in [0.5, 0.6) is 0 Å². The Morgan fingerprint density at radius 2 is 1.95 bits per heavy atom. The third-order valence-corrected chi connectivity index (χ3v) is 5.43. The molecule has 0 aliphatic carbocycles. The molecular formula is C13H16BrN3OS. The molecule has 1 saturated heterocycles. The monoisotopic (exact) mass is 341 g/mol. The van der Waals surface area contributed by atoms with Crippen molar-refractivity contribution in [1.29, 1.82) is 0 Å². The highest BCUT2D eigenvalue weighted by atomic mass is 79.9. The van der Waals surface area contributed by atoms with Crippen LogP contribution in [0.4, 0.5) is 5.95 Å². The Hall–Kier alpha value is -0.880. The Balaban J connectivity index is 2.23. The van der Waals surface area contributed by atoms with Gasteiger partial charge in [-0.1, -0.05) is 0 Å². The van der Waals surface area contributed by atoms with Crippen LogP contribution >= 0.6 is 27.3 Å². The largest absolute Gasteiger partial charge is 0.342 e. The second-order valence-electron chi connectivity index (χ2n) is 4.98. The first kappa shape index (κ1) is 13.1. The zero-order valence-electron chi connectivity index (χ0n) is 11.1. The normalized spacial score (nSPS) is 16.3. The van der Waals surface area contributed by atoms with Crippen molar-refractivity contribution in [2.45, 2.75) is 26.2 Å². The van der Waals surface area contributed by atoms with Crippen molar-refractivity contribution in [3.05, 3.63) is 19.0 Å². The van der Waals surface area contributed by atoms with Gasteiger partial charge in [-0.3, -0.25) is 9.36 Å². The minimum Gasteiger partial charge on any atom is -0.342 e. The minimum absolute atomic E-state index is 0.0602. The molecule has 0 unspecified atom stereocenters. The van der Waals surface area contributed by atoms with Crippen LogP contribution in [-0.4, -0.2) is 22.6 Å². The number of rotatable bonds is 1. The second-order valence-corrected chi connectivity index (χ2v) is 7.52. The summed E-state index contributed by atoms with van der Waals surface area (Å²) in [6.07, 6.45) is 3.63. The number of halogens is 1. The molecule has 0 amide bonds. The lowest BCUT2D eigenvalue weighted by atomic mass is 10.1. The summed E-state index contributed by atoms with van der Waals surface area (Å²) in [6.45, 7) is 3.96. The summed E-state index contributed by atoms with van der Waals surface area (Å²) in [5, 5.41) is 0.750. The van der Waals surface area contributed by atoms with Gasteiger partial charge in [0, 0.05) is 25.0 Å². The molecule has 1 fully saturated rings. The fourth-order valence-corrected chi connectivity index (χ4v) is 4.48. The number of hydrogen-bond donors (Lipinski definition) is 0. The maximum absolute atomic E-state index is 12.5. The van der Waals surface area contributed by atoms with Gasteiger partial charge >= 0.3 is 0 Å². The van der Waals surface area contributed by atoms with E-state index in [1.165, 1.54) is 19.3 Å². The lowest BCUT2D eigenvalue weighted by molar-refractivity contribution is 0.558. The molecule has 3 rings (SSSR count). The van der Waals surface area contributed by atoms with Crippen LogP contribution in [-0.2, 0) is 7.05 Å². The third-order valence-electron chi connectivity index (χ3n) is 3.69. The van der Waals surface area contributed by atoms with E-state index in [0.29, 0.717) is 0 Å². The molecule has 1 aliphatic rings. The molecule has 19 heavy (non-hydrogen) atoms. The zero-order chi connectivity index (χ0) is 13.6. The molecule has 6 heteroatoms. The van der Waals surface area contributed by atoms with Crippen molar-refractivity contribution in [1.82, 2.24) is 9.55 Å². The molecule has 0 atom stereocenters. The Labute approximate surface area is 124 Å². The quantitative estimate of drug-likeness (QED) is 0.800. The highest BCUT2D eigenvalue weighted by Crippen LogP contribution is 2.33. The molecule has 102 valence electrons. The zero-order valence-corrected chi connectivity index (χ0v) is 13.5. The SMILES string of the molecule is Cc1sc(Br)c2nc(N3CCCCC3)n(C)c(=O)c12. The predicted octanol–water partition coefficient (Wildman–Crippen LogP) is 3.06. The lowest BCUT2D eigenvalue weighted by Crippen LogP contribution is -2.35. The van der Waals surface area contributed by atoms with Crippen molar-refractivity contribution in [2.24, 2.45) is 7.05 Å². The summed E-state index contributed by atoms with van der Waals surface area (Å²) in [7, 11) is 1.82. The first-order chi connectivity index (χ1) is 9.09. The molecule has 0 spiro atoms. The summed E-state index contributed by atoms with van der Waals surface area (Å²) < 4.78 is 2.65. The molecule has 2 aromatic rings. The smallest absolute Gasteiger partial charge is 0.263 e. The predicted molar refractivity (Wildman–Crippen MR) is 83.4 cm³/mol. The number of fused-ring (bicyclic) bond motifs is 1. The molecule has 0 N–H and O–H groups in total. The molecule has 4 nitrogen and oxygen atoms in total. The molecule has 0 saturated carbocycles. The van der Waals surface area contributed by atoms with Crippen molar-refractivity contribution >= 4 is 44.1 Å². The van der Waals surface area contributed by atoms with Crippen LogP contribution in [0.2, 0.25) is 0 Å². The van der Waals surface area contributed by atoms with Gasteiger partial charge in [-0.2, -0.15) is 0 Å². The second kappa shape index (κ2) is 4.90. The Morgan fingerprint density at radius 3 is 2.63 bits per heavy atom. The van der Waals surface area contributed by atoms with E-state index in [4.69, 9.17) is 4.98 Å². The summed E-state index contributed by atoms with van der Waals surface area (Å²) in [5.74, 6) is 0.802. The van der Waals surface area contributed by atoms with Gasteiger partial charge in [0.05, 0.1) is 9.17 Å². The Morgan fingerprint density at radius 1 is 1.26 bits per heavy atom. The highest BCUT2D eigenvalue weighted by molar-refractivity contribution is 9.11. The van der Waals surface area contributed by atoms with E-state index in [9.17, 15) is 4.79 Å². The van der Waals surface area contributed by atoms with Crippen LogP contribution < -0.4 is 10.5 Å². The number of hydrogen-bond acceptors (Lipinski definition) is 4. The van der Waals surface area contributed by atoms with Crippen LogP contribution in [0, 0.1) is 6.92 Å². The van der Waals surface area contributed by atoms with Gasteiger partial charge in [0.15, 0.2) is 0 Å². The van der Waals surface area contributed by atoms with Gasteiger partial charge in [-0.15, -0.1) is 11.3 Å². The average molecular weight is 342 g/mol. The van der Waals surface area contributed by atoms with Gasteiger partial charge in [0.1, 0.15) is 5.52 Å². The van der Waals surface area contributed by atoms with Gasteiger partial charge in [-0.05, 0) is 42.1 Å². The number of piperidine rings is 1. The van der Waals surface area contributed by atoms with Gasteiger partial charge in [0.25, 0.3) is 5.56 Å². The maximum Gasteiger partial charge on any atom is 0.263 e. The first-order valence-corrected chi connectivity index (χ1v) is 8.11. The molecule has 3 heterocycles. The summed E-state index contributed by atoms with van der Waals surface area (Å²) in [6, 6.07) is 0. The first-order valence-electron chi connectivity index (χ1n) is 6.50. The van der Waals surface area contributed by atoms with Crippen molar-refractivity contribution in [3.63, 3.8) is 0 Å². The summed E-state index contributed by atoms with van der Waals surface area (Å²) in [4.78, 5) is 20.5. The average Bonchev–Trinajstić information content (AvgIpc) is 2.70. The van der Waals surface area contributed by atoms with Crippen molar-refractivity contribution in [2.75, 3.05) is 18.0 Å². The summed E-state index contributed by atoms with van der Waals surface area (Å²) >= 11 is 5.11. The van der Waals surface area contributed by atoms with Crippen molar-refractivity contribution in [3.8, 4) is 0 Å². The number of aryl methyl sites for hydroxylation is 1. The van der Waals surface area contributed by atoms with E-state index >= 15 is 0 Å². The Kier molecular flexibility index (Phi) is 3.39. The molecular weight excluding hydrogens is 326 g/mol. The van der Waals surface area contributed by atoms with E-state index in [2.05, 4.69) is 20.8 Å². The molecule has 1 aliphatic heterocycles. The number of nitrogens with zero attached hydrogens (tertiary/aromatic N) is 3. The van der Waals surface area contributed by atoms with Crippen LogP contribution in [0.1, 0.15) is 24.1 Å². The van der Waals surface area contributed by atoms with Crippen molar-refractivity contribution < 1.29 is 0 Å². The molecule has 0 aromatic carbocycles. The highest BCUT2D eigenvalue weighted by Gasteiger charge is 2.20. The maximum atomic E-state index is 12.5.